The second-order valence-corrected chi connectivity index (χ2v) is 7.77. The molecule has 2 fully saturated rings. The lowest BCUT2D eigenvalue weighted by Crippen LogP contribution is -2.37. The molecule has 2 atom stereocenters. The van der Waals surface area contributed by atoms with Gasteiger partial charge in [-0.2, -0.15) is 10.4 Å². The number of nitriles is 1. The van der Waals surface area contributed by atoms with Gasteiger partial charge in [0.15, 0.2) is 5.82 Å². The molecule has 0 radical (unpaired) electrons. The summed E-state index contributed by atoms with van der Waals surface area (Å²) in [4.78, 5) is 24.2. The third-order valence-corrected chi connectivity index (χ3v) is 6.11. The first-order valence-electron chi connectivity index (χ1n) is 9.66. The van der Waals surface area contributed by atoms with Crippen molar-refractivity contribution >= 4 is 17.2 Å². The SMILES string of the molecule is COc1ccc(-c2cn3nccc3c(N3C[C@@H](C)[C@@](C#N)(C4CC4)C3=O)n2)cn1. The van der Waals surface area contributed by atoms with Crippen molar-refractivity contribution in [1.82, 2.24) is 19.6 Å². The largest absolute Gasteiger partial charge is 0.481 e. The lowest BCUT2D eigenvalue weighted by atomic mass is 9.75. The van der Waals surface area contributed by atoms with Gasteiger partial charge in [0.25, 0.3) is 0 Å². The number of ether oxygens (including phenoxy) is 1. The number of anilines is 1. The van der Waals surface area contributed by atoms with E-state index in [4.69, 9.17) is 9.72 Å². The number of methoxy groups -OCH3 is 1. The van der Waals surface area contributed by atoms with Gasteiger partial charge in [0.05, 0.1) is 31.3 Å². The van der Waals surface area contributed by atoms with Crippen LogP contribution in [0.3, 0.4) is 0 Å². The number of hydrogen-bond acceptors (Lipinski definition) is 6. The van der Waals surface area contributed by atoms with Crippen molar-refractivity contribution in [2.24, 2.45) is 17.3 Å². The van der Waals surface area contributed by atoms with Crippen LogP contribution in [0, 0.1) is 28.6 Å². The number of carbonyl (C=O) groups is 1. The molecule has 8 heteroatoms. The van der Waals surface area contributed by atoms with Crippen molar-refractivity contribution in [1.29, 1.82) is 5.26 Å². The van der Waals surface area contributed by atoms with Gasteiger partial charge in [-0.1, -0.05) is 6.92 Å². The molecule has 3 aromatic rings. The van der Waals surface area contributed by atoms with E-state index in [-0.39, 0.29) is 17.7 Å². The van der Waals surface area contributed by atoms with Crippen LogP contribution in [-0.2, 0) is 4.79 Å². The molecule has 0 spiro atoms. The number of pyridine rings is 1. The van der Waals surface area contributed by atoms with Gasteiger partial charge in [-0.05, 0) is 30.9 Å². The van der Waals surface area contributed by atoms with Crippen LogP contribution in [0.15, 0.2) is 36.8 Å². The van der Waals surface area contributed by atoms with E-state index in [1.165, 1.54) is 0 Å². The van der Waals surface area contributed by atoms with Crippen molar-refractivity contribution in [3.63, 3.8) is 0 Å². The van der Waals surface area contributed by atoms with Crippen LogP contribution < -0.4 is 9.64 Å². The smallest absolute Gasteiger partial charge is 0.249 e. The van der Waals surface area contributed by atoms with Gasteiger partial charge in [-0.25, -0.2) is 14.5 Å². The molecule has 3 aromatic heterocycles. The molecule has 29 heavy (non-hydrogen) atoms. The number of nitrogens with zero attached hydrogens (tertiary/aromatic N) is 6. The molecule has 0 bridgehead atoms. The van der Waals surface area contributed by atoms with Crippen LogP contribution in [0.25, 0.3) is 16.8 Å². The molecule has 1 aliphatic heterocycles. The zero-order valence-corrected chi connectivity index (χ0v) is 16.2. The average Bonchev–Trinajstić information content (AvgIpc) is 3.42. The van der Waals surface area contributed by atoms with Crippen LogP contribution in [0.2, 0.25) is 0 Å². The summed E-state index contributed by atoms with van der Waals surface area (Å²) in [6, 6.07) is 7.84. The van der Waals surface area contributed by atoms with Crippen molar-refractivity contribution in [3.05, 3.63) is 36.8 Å². The van der Waals surface area contributed by atoms with Crippen LogP contribution in [0.5, 0.6) is 5.88 Å². The Kier molecular flexibility index (Phi) is 3.81. The molecule has 8 nitrogen and oxygen atoms in total. The average molecular weight is 388 g/mol. The minimum Gasteiger partial charge on any atom is -0.481 e. The Bertz CT molecular complexity index is 1140. The summed E-state index contributed by atoms with van der Waals surface area (Å²) in [5, 5.41) is 14.3. The van der Waals surface area contributed by atoms with Crippen molar-refractivity contribution in [2.75, 3.05) is 18.6 Å². The van der Waals surface area contributed by atoms with Crippen LogP contribution >= 0.6 is 0 Å². The van der Waals surface area contributed by atoms with Crippen molar-refractivity contribution < 1.29 is 9.53 Å². The number of rotatable bonds is 4. The summed E-state index contributed by atoms with van der Waals surface area (Å²) in [5.74, 6) is 1.00. The lowest BCUT2D eigenvalue weighted by Gasteiger charge is -2.23. The molecule has 2 aliphatic rings. The lowest BCUT2D eigenvalue weighted by molar-refractivity contribution is -0.124. The van der Waals surface area contributed by atoms with Gasteiger partial charge in [0.1, 0.15) is 10.9 Å². The first-order chi connectivity index (χ1) is 14.1. The van der Waals surface area contributed by atoms with Gasteiger partial charge >= 0.3 is 0 Å². The Labute approximate surface area is 167 Å². The maximum Gasteiger partial charge on any atom is 0.249 e. The van der Waals surface area contributed by atoms with Crippen LogP contribution in [-0.4, -0.2) is 39.1 Å². The van der Waals surface area contributed by atoms with E-state index in [9.17, 15) is 10.1 Å². The summed E-state index contributed by atoms with van der Waals surface area (Å²) in [5.41, 5.74) is 1.22. The maximum absolute atomic E-state index is 13.5. The molecule has 146 valence electrons. The third-order valence-electron chi connectivity index (χ3n) is 6.11. The van der Waals surface area contributed by atoms with Crippen LogP contribution in [0.1, 0.15) is 19.8 Å². The second-order valence-electron chi connectivity index (χ2n) is 7.77. The molecular formula is C21H20N6O2. The zero-order valence-electron chi connectivity index (χ0n) is 16.2. The monoisotopic (exact) mass is 388 g/mol. The summed E-state index contributed by atoms with van der Waals surface area (Å²) in [7, 11) is 1.57. The summed E-state index contributed by atoms with van der Waals surface area (Å²) >= 11 is 0. The predicted octanol–water partition coefficient (Wildman–Crippen LogP) is 2.70. The van der Waals surface area contributed by atoms with E-state index in [1.807, 2.05) is 25.3 Å². The molecule has 1 amide bonds. The molecular weight excluding hydrogens is 368 g/mol. The minimum atomic E-state index is -0.948. The standard InChI is InChI=1S/C21H20N6O2/c1-13-10-26(20(28)21(13,12-22)15-4-5-15)19-17-7-8-24-27(17)11-16(25-19)14-3-6-18(29-2)23-9-14/h3,6-9,11,13,15H,4-5,10H2,1-2H3/t13-,21+/m1/s1. The minimum absolute atomic E-state index is 0.0522. The Morgan fingerprint density at radius 2 is 2.14 bits per heavy atom. The van der Waals surface area contributed by atoms with Gasteiger partial charge in [0.2, 0.25) is 11.8 Å². The van der Waals surface area contributed by atoms with Gasteiger partial charge in [-0.15, -0.1) is 0 Å². The number of carbonyl (C=O) groups excluding carboxylic acids is 1. The van der Waals surface area contributed by atoms with E-state index in [0.29, 0.717) is 23.9 Å². The molecule has 0 unspecified atom stereocenters. The highest BCUT2D eigenvalue weighted by Crippen LogP contribution is 2.54. The maximum atomic E-state index is 13.5. The fourth-order valence-electron chi connectivity index (χ4n) is 4.38. The molecule has 4 heterocycles. The van der Waals surface area contributed by atoms with Gasteiger partial charge in [-0.3, -0.25) is 9.69 Å². The highest BCUT2D eigenvalue weighted by atomic mass is 16.5. The summed E-state index contributed by atoms with van der Waals surface area (Å²) in [6.45, 7) is 2.46. The van der Waals surface area contributed by atoms with Gasteiger partial charge < -0.3 is 4.74 Å². The number of amides is 1. The van der Waals surface area contributed by atoms with Crippen molar-refractivity contribution in [3.8, 4) is 23.2 Å². The van der Waals surface area contributed by atoms with E-state index in [0.717, 1.165) is 23.9 Å². The Balaban J connectivity index is 1.62. The van der Waals surface area contributed by atoms with Crippen molar-refractivity contribution in [2.45, 2.75) is 19.8 Å². The normalized spacial score (nSPS) is 24.1. The fourth-order valence-corrected chi connectivity index (χ4v) is 4.38. The number of hydrogen-bond donors (Lipinski definition) is 0. The second kappa shape index (κ2) is 6.27. The van der Waals surface area contributed by atoms with Crippen LogP contribution in [0.4, 0.5) is 5.82 Å². The Morgan fingerprint density at radius 3 is 2.79 bits per heavy atom. The van der Waals surface area contributed by atoms with E-state index >= 15 is 0 Å². The summed E-state index contributed by atoms with van der Waals surface area (Å²) < 4.78 is 6.84. The zero-order chi connectivity index (χ0) is 20.2. The topological polar surface area (TPSA) is 96.4 Å². The van der Waals surface area contributed by atoms with Gasteiger partial charge in [0, 0.05) is 30.3 Å². The molecule has 1 saturated carbocycles. The Hall–Kier alpha value is -3.47. The first-order valence-corrected chi connectivity index (χ1v) is 9.66. The number of fused-ring (bicyclic) bond motifs is 1. The van der Waals surface area contributed by atoms with E-state index < -0.39 is 5.41 Å². The molecule has 1 aliphatic carbocycles. The quantitative estimate of drug-likeness (QED) is 0.682. The highest BCUT2D eigenvalue weighted by molar-refractivity contribution is 6.04. The fraction of sp³-hybridized carbons (Fsp3) is 0.381. The number of aromatic nitrogens is 4. The molecule has 0 N–H and O–H groups in total. The predicted molar refractivity (Wildman–Crippen MR) is 105 cm³/mol. The Morgan fingerprint density at radius 1 is 1.31 bits per heavy atom. The molecule has 5 rings (SSSR count). The first kappa shape index (κ1) is 17.6. The third kappa shape index (κ3) is 2.50. The molecule has 1 saturated heterocycles. The highest BCUT2D eigenvalue weighted by Gasteiger charge is 2.61. The molecule has 0 aromatic carbocycles. The van der Waals surface area contributed by atoms with E-state index in [2.05, 4.69) is 16.2 Å². The summed E-state index contributed by atoms with van der Waals surface area (Å²) in [6.07, 6.45) is 7.04. The van der Waals surface area contributed by atoms with E-state index in [1.54, 1.807) is 35.0 Å².